The van der Waals surface area contributed by atoms with Crippen molar-refractivity contribution in [3.05, 3.63) is 41.2 Å². The second-order valence-electron chi connectivity index (χ2n) is 6.26. The summed E-state index contributed by atoms with van der Waals surface area (Å²) >= 11 is 1.27. The van der Waals surface area contributed by atoms with Crippen LogP contribution in [-0.2, 0) is 4.79 Å². The number of aromatic nitrogens is 2. The topological polar surface area (TPSA) is 85.7 Å². The highest BCUT2D eigenvalue weighted by Gasteiger charge is 2.09. The standard InChI is InChI=1S/C20H26N4O3S/c1-6-15(4)27-17-8-7-16(10-18(17)26-5)11-21-24-19(25)12-28-20-22-13(2)9-14(3)23-20/h7-11,15H,6,12H2,1-5H3,(H,24,25)/b21-11-/t15-/m0/s1. The molecule has 0 radical (unpaired) electrons. The average molecular weight is 403 g/mol. The van der Waals surface area contributed by atoms with E-state index < -0.39 is 0 Å². The fourth-order valence-electron chi connectivity index (χ4n) is 2.26. The molecule has 0 unspecified atom stereocenters. The van der Waals surface area contributed by atoms with E-state index in [0.717, 1.165) is 23.4 Å². The number of thioether (sulfide) groups is 1. The molecule has 8 heteroatoms. The minimum absolute atomic E-state index is 0.103. The Labute approximate surface area is 170 Å². The number of ether oxygens (including phenoxy) is 2. The van der Waals surface area contributed by atoms with Crippen molar-refractivity contribution in [1.82, 2.24) is 15.4 Å². The van der Waals surface area contributed by atoms with Gasteiger partial charge in [0.25, 0.3) is 5.91 Å². The van der Waals surface area contributed by atoms with Crippen LogP contribution in [0.4, 0.5) is 0 Å². The number of nitrogens with one attached hydrogen (secondary N) is 1. The fourth-order valence-corrected chi connectivity index (χ4v) is 3.00. The molecule has 150 valence electrons. The van der Waals surface area contributed by atoms with E-state index in [2.05, 4.69) is 27.4 Å². The number of hydrogen-bond acceptors (Lipinski definition) is 7. The summed E-state index contributed by atoms with van der Waals surface area (Å²) in [5.74, 6) is 1.26. The number of rotatable bonds is 9. The van der Waals surface area contributed by atoms with Gasteiger partial charge in [-0.25, -0.2) is 15.4 Å². The van der Waals surface area contributed by atoms with Crippen molar-refractivity contribution in [3.63, 3.8) is 0 Å². The number of benzene rings is 1. The molecule has 0 aliphatic carbocycles. The van der Waals surface area contributed by atoms with Gasteiger partial charge in [-0.15, -0.1) is 0 Å². The summed E-state index contributed by atoms with van der Waals surface area (Å²) in [6.45, 7) is 7.87. The maximum atomic E-state index is 12.0. The van der Waals surface area contributed by atoms with E-state index in [1.807, 2.05) is 45.0 Å². The van der Waals surface area contributed by atoms with Crippen LogP contribution in [0, 0.1) is 13.8 Å². The van der Waals surface area contributed by atoms with Crippen LogP contribution >= 0.6 is 11.8 Å². The van der Waals surface area contributed by atoms with Crippen molar-refractivity contribution in [2.24, 2.45) is 5.10 Å². The molecule has 0 aliphatic heterocycles. The van der Waals surface area contributed by atoms with E-state index in [9.17, 15) is 4.79 Å². The molecule has 0 fully saturated rings. The minimum Gasteiger partial charge on any atom is -0.493 e. The largest absolute Gasteiger partial charge is 0.493 e. The second kappa shape index (κ2) is 10.7. The molecule has 1 atom stereocenters. The van der Waals surface area contributed by atoms with Crippen LogP contribution in [0.5, 0.6) is 11.5 Å². The zero-order valence-corrected chi connectivity index (χ0v) is 17.7. The number of carbonyl (C=O) groups excluding carboxylic acids is 1. The minimum atomic E-state index is -0.229. The summed E-state index contributed by atoms with van der Waals surface area (Å²) in [6, 6.07) is 7.39. The Morgan fingerprint density at radius 3 is 2.61 bits per heavy atom. The Hall–Kier alpha value is -2.61. The first kappa shape index (κ1) is 21.7. The van der Waals surface area contributed by atoms with Crippen LogP contribution in [0.25, 0.3) is 0 Å². The molecule has 7 nitrogen and oxygen atoms in total. The lowest BCUT2D eigenvalue weighted by Crippen LogP contribution is -2.19. The van der Waals surface area contributed by atoms with Crippen LogP contribution < -0.4 is 14.9 Å². The summed E-state index contributed by atoms with van der Waals surface area (Å²) in [4.78, 5) is 20.6. The van der Waals surface area contributed by atoms with E-state index in [0.29, 0.717) is 16.7 Å². The molecule has 28 heavy (non-hydrogen) atoms. The van der Waals surface area contributed by atoms with Crippen LogP contribution in [0.3, 0.4) is 0 Å². The van der Waals surface area contributed by atoms with E-state index in [4.69, 9.17) is 9.47 Å². The molecule has 1 aromatic carbocycles. The van der Waals surface area contributed by atoms with Gasteiger partial charge in [-0.3, -0.25) is 4.79 Å². The molecule has 2 rings (SSSR count). The van der Waals surface area contributed by atoms with Gasteiger partial charge in [0.1, 0.15) is 0 Å². The van der Waals surface area contributed by atoms with Gasteiger partial charge in [-0.1, -0.05) is 18.7 Å². The third-order valence-corrected chi connectivity index (χ3v) is 4.64. The van der Waals surface area contributed by atoms with Gasteiger partial charge in [0.15, 0.2) is 16.7 Å². The highest BCUT2D eigenvalue weighted by molar-refractivity contribution is 7.99. The van der Waals surface area contributed by atoms with Gasteiger partial charge in [-0.2, -0.15) is 5.10 Å². The van der Waals surface area contributed by atoms with Gasteiger partial charge in [0.05, 0.1) is 25.2 Å². The Morgan fingerprint density at radius 1 is 1.25 bits per heavy atom. The first-order chi connectivity index (χ1) is 13.4. The van der Waals surface area contributed by atoms with Crippen molar-refractivity contribution in [1.29, 1.82) is 0 Å². The molecule has 1 amide bonds. The van der Waals surface area contributed by atoms with Gasteiger partial charge in [-0.05, 0) is 57.0 Å². The number of hydrazone groups is 1. The maximum absolute atomic E-state index is 12.0. The lowest BCUT2D eigenvalue weighted by molar-refractivity contribution is -0.118. The molecule has 1 heterocycles. The molecule has 0 bridgehead atoms. The zero-order valence-electron chi connectivity index (χ0n) is 16.9. The monoisotopic (exact) mass is 402 g/mol. The smallest absolute Gasteiger partial charge is 0.250 e. The lowest BCUT2D eigenvalue weighted by Gasteiger charge is -2.15. The van der Waals surface area contributed by atoms with E-state index in [1.54, 1.807) is 13.3 Å². The molecule has 0 aliphatic rings. The van der Waals surface area contributed by atoms with Crippen molar-refractivity contribution in [3.8, 4) is 11.5 Å². The van der Waals surface area contributed by atoms with Gasteiger partial charge in [0, 0.05) is 11.4 Å². The summed E-state index contributed by atoms with van der Waals surface area (Å²) in [7, 11) is 1.59. The van der Waals surface area contributed by atoms with Crippen LogP contribution in [0.15, 0.2) is 34.5 Å². The summed E-state index contributed by atoms with van der Waals surface area (Å²) < 4.78 is 11.2. The van der Waals surface area contributed by atoms with E-state index >= 15 is 0 Å². The number of methoxy groups -OCH3 is 1. The number of carbonyl (C=O) groups is 1. The molecule has 0 spiro atoms. The molecule has 0 saturated heterocycles. The fraction of sp³-hybridized carbons (Fsp3) is 0.400. The molecule has 1 N–H and O–H groups in total. The first-order valence-corrected chi connectivity index (χ1v) is 10.0. The number of hydrogen-bond donors (Lipinski definition) is 1. The third kappa shape index (κ3) is 6.84. The zero-order chi connectivity index (χ0) is 20.5. The van der Waals surface area contributed by atoms with Crippen molar-refractivity contribution in [2.45, 2.75) is 45.4 Å². The van der Waals surface area contributed by atoms with Gasteiger partial charge >= 0.3 is 0 Å². The highest BCUT2D eigenvalue weighted by Crippen LogP contribution is 2.28. The normalized spacial score (nSPS) is 12.0. The van der Waals surface area contributed by atoms with Crippen molar-refractivity contribution in [2.75, 3.05) is 12.9 Å². The summed E-state index contributed by atoms with van der Waals surface area (Å²) in [5, 5.41) is 4.58. The average Bonchev–Trinajstić information content (AvgIpc) is 2.66. The van der Waals surface area contributed by atoms with Crippen LogP contribution in [0.1, 0.15) is 37.2 Å². The number of aryl methyl sites for hydroxylation is 2. The highest BCUT2D eigenvalue weighted by atomic mass is 32.2. The van der Waals surface area contributed by atoms with Crippen LogP contribution in [-0.4, -0.2) is 41.1 Å². The predicted octanol–water partition coefficient (Wildman–Crippen LogP) is 3.52. The van der Waals surface area contributed by atoms with Gasteiger partial charge in [0.2, 0.25) is 0 Å². The van der Waals surface area contributed by atoms with Crippen molar-refractivity contribution < 1.29 is 14.3 Å². The summed E-state index contributed by atoms with van der Waals surface area (Å²) in [5.41, 5.74) is 5.05. The molecule has 0 saturated carbocycles. The van der Waals surface area contributed by atoms with Gasteiger partial charge < -0.3 is 9.47 Å². The Morgan fingerprint density at radius 2 is 1.96 bits per heavy atom. The molecule has 2 aromatic rings. The quantitative estimate of drug-likeness (QED) is 0.299. The second-order valence-corrected chi connectivity index (χ2v) is 7.20. The van der Waals surface area contributed by atoms with Crippen molar-refractivity contribution >= 4 is 23.9 Å². The summed E-state index contributed by atoms with van der Waals surface area (Å²) in [6.07, 6.45) is 2.57. The predicted molar refractivity (Wildman–Crippen MR) is 111 cm³/mol. The molecular weight excluding hydrogens is 376 g/mol. The number of amides is 1. The third-order valence-electron chi connectivity index (χ3n) is 3.79. The Balaban J connectivity index is 1.89. The lowest BCUT2D eigenvalue weighted by atomic mass is 10.2. The first-order valence-electron chi connectivity index (χ1n) is 9.03. The molecule has 1 aromatic heterocycles. The Kier molecular flexibility index (Phi) is 8.25. The van der Waals surface area contributed by atoms with E-state index in [1.165, 1.54) is 11.8 Å². The Bertz CT molecular complexity index is 822. The van der Waals surface area contributed by atoms with E-state index in [-0.39, 0.29) is 17.8 Å². The maximum Gasteiger partial charge on any atom is 0.250 e. The SMILES string of the molecule is CC[C@H](C)Oc1ccc(/C=N\NC(=O)CSc2nc(C)cc(C)n2)cc1OC. The van der Waals surface area contributed by atoms with Crippen LogP contribution in [0.2, 0.25) is 0 Å². The number of nitrogens with zero attached hydrogens (tertiary/aromatic N) is 3. The molecular formula is C20H26N4O3S.